The highest BCUT2D eigenvalue weighted by molar-refractivity contribution is 6.18. The lowest BCUT2D eigenvalue weighted by atomic mass is 10.2. The van der Waals surface area contributed by atoms with E-state index in [1.54, 1.807) is 10.2 Å². The van der Waals surface area contributed by atoms with E-state index in [9.17, 15) is 23.6 Å². The molecule has 2 fully saturated rings. The number of nitrogens with one attached hydrogen (secondary N) is 1. The van der Waals surface area contributed by atoms with Crippen molar-refractivity contribution in [2.24, 2.45) is 0 Å². The van der Waals surface area contributed by atoms with E-state index in [2.05, 4.69) is 0 Å². The van der Waals surface area contributed by atoms with Gasteiger partial charge < -0.3 is 4.90 Å². The van der Waals surface area contributed by atoms with Crippen molar-refractivity contribution >= 4 is 23.8 Å². The molecule has 0 aromatic heterocycles. The van der Waals surface area contributed by atoms with Crippen molar-refractivity contribution in [3.63, 3.8) is 0 Å². The second-order valence-corrected chi connectivity index (χ2v) is 4.48. The number of carbonyl (C=O) groups excluding carboxylic acids is 4. The maximum atomic E-state index is 13.2. The van der Waals surface area contributed by atoms with Crippen LogP contribution in [0.4, 0.5) is 9.18 Å². The Bertz CT molecular complexity index is 434. The third-order valence-corrected chi connectivity index (χ3v) is 3.20. The summed E-state index contributed by atoms with van der Waals surface area (Å²) in [6.45, 7) is 1.13. The van der Waals surface area contributed by atoms with Crippen molar-refractivity contribution < 1.29 is 23.6 Å². The van der Waals surface area contributed by atoms with Gasteiger partial charge in [-0.3, -0.25) is 24.6 Å². The number of likely N-dealkylation sites (tertiary alicyclic amines) is 1. The Morgan fingerprint density at radius 1 is 1.26 bits per heavy atom. The maximum Gasteiger partial charge on any atom is 0.330 e. The van der Waals surface area contributed by atoms with Crippen LogP contribution in [0.2, 0.25) is 0 Å². The molecule has 5 amide bonds. The van der Waals surface area contributed by atoms with E-state index in [1.807, 2.05) is 0 Å². The summed E-state index contributed by atoms with van der Waals surface area (Å²) < 4.78 is 13.2. The summed E-state index contributed by atoms with van der Waals surface area (Å²) in [6, 6.07) is -0.974. The molecule has 7 nitrogen and oxygen atoms in total. The summed E-state index contributed by atoms with van der Waals surface area (Å²) in [6.07, 6.45) is -0.550. The number of nitrogens with zero attached hydrogens (tertiary/aromatic N) is 2. The third kappa shape index (κ3) is 2.72. The molecule has 2 rings (SSSR count). The number of carbonyl (C=O) groups is 4. The highest BCUT2D eigenvalue weighted by Crippen LogP contribution is 2.11. The zero-order valence-corrected chi connectivity index (χ0v) is 10.2. The monoisotopic (exact) mass is 271 g/mol. The minimum Gasteiger partial charge on any atom is -0.343 e. The van der Waals surface area contributed by atoms with Gasteiger partial charge in [0.2, 0.25) is 5.91 Å². The Labute approximate surface area is 108 Å². The molecule has 2 aliphatic rings. The van der Waals surface area contributed by atoms with Crippen LogP contribution in [0.25, 0.3) is 0 Å². The van der Waals surface area contributed by atoms with Gasteiger partial charge >= 0.3 is 6.03 Å². The largest absolute Gasteiger partial charge is 0.343 e. The molecule has 0 spiro atoms. The number of rotatable bonds is 3. The molecule has 2 saturated heterocycles. The first-order valence-electron chi connectivity index (χ1n) is 6.09. The van der Waals surface area contributed by atoms with Gasteiger partial charge in [-0.05, 0) is 12.8 Å². The van der Waals surface area contributed by atoms with Gasteiger partial charge in [0.05, 0.1) is 0 Å². The Morgan fingerprint density at radius 3 is 2.53 bits per heavy atom. The normalized spacial score (nSPS) is 23.8. The maximum absolute atomic E-state index is 13.2. The van der Waals surface area contributed by atoms with Gasteiger partial charge in [0.25, 0.3) is 18.0 Å². The van der Waals surface area contributed by atoms with E-state index in [-0.39, 0.29) is 18.9 Å². The molecular formula is C11H14FN3O4. The molecule has 1 N–H and O–H groups in total. The van der Waals surface area contributed by atoms with Crippen molar-refractivity contribution in [3.8, 4) is 0 Å². The SMILES string of the molecule is O=C1NC(=O)N(CCC(=O)N2CCCC2)C(=O)C1F. The van der Waals surface area contributed by atoms with Gasteiger partial charge in [-0.1, -0.05) is 0 Å². The number of halogens is 1. The first-order chi connectivity index (χ1) is 9.00. The summed E-state index contributed by atoms with van der Waals surface area (Å²) in [7, 11) is 0. The van der Waals surface area contributed by atoms with Crippen LogP contribution in [0.15, 0.2) is 0 Å². The van der Waals surface area contributed by atoms with Gasteiger partial charge in [0.15, 0.2) is 0 Å². The molecule has 0 aromatic carbocycles. The van der Waals surface area contributed by atoms with E-state index in [4.69, 9.17) is 0 Å². The highest BCUT2D eigenvalue weighted by Gasteiger charge is 2.40. The fourth-order valence-corrected chi connectivity index (χ4v) is 2.13. The molecule has 0 saturated carbocycles. The molecule has 104 valence electrons. The number of urea groups is 1. The standard InChI is InChI=1S/C11H14FN3O4/c12-8-9(17)13-11(19)15(10(8)18)6-3-7(16)14-4-1-2-5-14/h8H,1-6H2,(H,13,17,19). The van der Waals surface area contributed by atoms with E-state index < -0.39 is 24.0 Å². The van der Waals surface area contributed by atoms with Crippen LogP contribution in [-0.2, 0) is 14.4 Å². The average molecular weight is 271 g/mol. The summed E-state index contributed by atoms with van der Waals surface area (Å²) in [5.41, 5.74) is 0. The molecule has 8 heteroatoms. The molecule has 0 bridgehead atoms. The zero-order valence-electron chi connectivity index (χ0n) is 10.2. The lowest BCUT2D eigenvalue weighted by Gasteiger charge is -2.27. The molecular weight excluding hydrogens is 257 g/mol. The van der Waals surface area contributed by atoms with Gasteiger partial charge in [-0.25, -0.2) is 9.18 Å². The summed E-state index contributed by atoms with van der Waals surface area (Å²) in [4.78, 5) is 47.6. The average Bonchev–Trinajstić information content (AvgIpc) is 2.89. The zero-order chi connectivity index (χ0) is 14.0. The fraction of sp³-hybridized carbons (Fsp3) is 0.636. The predicted molar refractivity (Wildman–Crippen MR) is 60.6 cm³/mol. The van der Waals surface area contributed by atoms with Gasteiger partial charge in [0, 0.05) is 26.1 Å². The Kier molecular flexibility index (Phi) is 3.77. The first kappa shape index (κ1) is 13.4. The van der Waals surface area contributed by atoms with E-state index in [0.717, 1.165) is 12.8 Å². The van der Waals surface area contributed by atoms with Crippen LogP contribution >= 0.6 is 0 Å². The topological polar surface area (TPSA) is 86.8 Å². The van der Waals surface area contributed by atoms with Crippen LogP contribution in [0.3, 0.4) is 0 Å². The molecule has 1 unspecified atom stereocenters. The van der Waals surface area contributed by atoms with Crippen molar-refractivity contribution in [1.82, 2.24) is 15.1 Å². The Hall–Kier alpha value is -1.99. The lowest BCUT2D eigenvalue weighted by molar-refractivity contribution is -0.144. The molecule has 2 aliphatic heterocycles. The first-order valence-corrected chi connectivity index (χ1v) is 6.09. The fourth-order valence-electron chi connectivity index (χ4n) is 2.13. The molecule has 0 aliphatic carbocycles. The Balaban J connectivity index is 1.91. The van der Waals surface area contributed by atoms with Crippen LogP contribution < -0.4 is 5.32 Å². The summed E-state index contributed by atoms with van der Waals surface area (Å²) >= 11 is 0. The van der Waals surface area contributed by atoms with Crippen molar-refractivity contribution in [2.45, 2.75) is 25.4 Å². The highest BCUT2D eigenvalue weighted by atomic mass is 19.1. The number of imide groups is 2. The minimum atomic E-state index is -2.38. The second-order valence-electron chi connectivity index (χ2n) is 4.48. The molecule has 0 aromatic rings. The smallest absolute Gasteiger partial charge is 0.330 e. The molecule has 1 atom stereocenters. The van der Waals surface area contributed by atoms with E-state index >= 15 is 0 Å². The number of alkyl halides is 1. The minimum absolute atomic E-state index is 0.0555. The molecule has 2 heterocycles. The molecule has 0 radical (unpaired) electrons. The quantitative estimate of drug-likeness (QED) is 0.695. The van der Waals surface area contributed by atoms with Gasteiger partial charge in [-0.2, -0.15) is 0 Å². The Morgan fingerprint density at radius 2 is 1.89 bits per heavy atom. The van der Waals surface area contributed by atoms with Crippen molar-refractivity contribution in [2.75, 3.05) is 19.6 Å². The lowest BCUT2D eigenvalue weighted by Crippen LogP contribution is -2.59. The van der Waals surface area contributed by atoms with Gasteiger partial charge in [0.1, 0.15) is 0 Å². The number of hydrogen-bond donors (Lipinski definition) is 1. The van der Waals surface area contributed by atoms with Gasteiger partial charge in [-0.15, -0.1) is 0 Å². The third-order valence-electron chi connectivity index (χ3n) is 3.20. The van der Waals surface area contributed by atoms with Crippen LogP contribution in [0, 0.1) is 0 Å². The van der Waals surface area contributed by atoms with Crippen LogP contribution in [-0.4, -0.2) is 59.4 Å². The van der Waals surface area contributed by atoms with Crippen molar-refractivity contribution in [1.29, 1.82) is 0 Å². The number of barbiturate groups is 1. The summed E-state index contributed by atoms with van der Waals surface area (Å²) in [5.74, 6) is -2.63. The number of amides is 5. The van der Waals surface area contributed by atoms with E-state index in [1.165, 1.54) is 0 Å². The van der Waals surface area contributed by atoms with Crippen LogP contribution in [0.5, 0.6) is 0 Å². The predicted octanol–water partition coefficient (Wildman–Crippen LogP) is -0.585. The van der Waals surface area contributed by atoms with E-state index in [0.29, 0.717) is 18.0 Å². The second kappa shape index (κ2) is 5.33. The van der Waals surface area contributed by atoms with Crippen molar-refractivity contribution in [3.05, 3.63) is 0 Å². The molecule has 19 heavy (non-hydrogen) atoms. The number of hydrogen-bond acceptors (Lipinski definition) is 4. The summed E-state index contributed by atoms with van der Waals surface area (Å²) in [5, 5.41) is 1.73. The van der Waals surface area contributed by atoms with Crippen LogP contribution in [0.1, 0.15) is 19.3 Å².